The molecular weight excluding hydrogens is 476 g/mol. The summed E-state index contributed by atoms with van der Waals surface area (Å²) in [6, 6.07) is 1.88. The Morgan fingerprint density at radius 3 is 1.74 bits per heavy atom. The van der Waals surface area contributed by atoms with E-state index in [4.69, 9.17) is 9.47 Å². The molecule has 2 aromatic rings. The van der Waals surface area contributed by atoms with Crippen LogP contribution in [0, 0.1) is 0 Å². The van der Waals surface area contributed by atoms with Crippen molar-refractivity contribution < 1.29 is 19.7 Å². The molecule has 1 aliphatic heterocycles. The molecule has 0 radical (unpaired) electrons. The van der Waals surface area contributed by atoms with Crippen LogP contribution < -0.4 is 9.47 Å². The fourth-order valence-electron chi connectivity index (χ4n) is 3.46. The van der Waals surface area contributed by atoms with Gasteiger partial charge in [-0.3, -0.25) is 0 Å². The second-order valence-electron chi connectivity index (χ2n) is 6.74. The molecule has 0 amide bonds. The van der Waals surface area contributed by atoms with Crippen LogP contribution in [0.15, 0.2) is 15.0 Å². The molecule has 0 saturated heterocycles. The first-order valence-corrected chi connectivity index (χ1v) is 11.0. The molecule has 1 aliphatic rings. The van der Waals surface area contributed by atoms with E-state index >= 15 is 0 Å². The Balaban J connectivity index is 2.25. The van der Waals surface area contributed by atoms with Crippen LogP contribution in [0.4, 0.5) is 0 Å². The zero-order valence-corrected chi connectivity index (χ0v) is 19.0. The van der Waals surface area contributed by atoms with Gasteiger partial charge in [0.05, 0.1) is 0 Å². The largest absolute Gasteiger partial charge is 0.504 e. The summed E-state index contributed by atoms with van der Waals surface area (Å²) in [5.41, 5.74) is 2.21. The minimum atomic E-state index is -0.101. The first-order chi connectivity index (χ1) is 12.9. The van der Waals surface area contributed by atoms with Gasteiger partial charge >= 0.3 is 0 Å². The first-order valence-electron chi connectivity index (χ1n) is 9.40. The van der Waals surface area contributed by atoms with Gasteiger partial charge in [0.15, 0.2) is 34.5 Å². The summed E-state index contributed by atoms with van der Waals surface area (Å²) in [4.78, 5) is 0. The van der Waals surface area contributed by atoms with Crippen LogP contribution in [-0.2, 0) is 19.3 Å². The van der Waals surface area contributed by atoms with E-state index < -0.39 is 0 Å². The van der Waals surface area contributed by atoms with Crippen LogP contribution in [0.1, 0.15) is 56.7 Å². The Morgan fingerprint density at radius 2 is 1.22 bits per heavy atom. The van der Waals surface area contributed by atoms with Crippen molar-refractivity contribution in [1.82, 2.24) is 0 Å². The van der Waals surface area contributed by atoms with Gasteiger partial charge in [-0.2, -0.15) is 0 Å². The minimum absolute atomic E-state index is 0.0979. The molecule has 0 spiro atoms. The van der Waals surface area contributed by atoms with E-state index in [1.54, 1.807) is 0 Å². The Morgan fingerprint density at radius 1 is 0.741 bits per heavy atom. The van der Waals surface area contributed by atoms with Gasteiger partial charge in [-0.05, 0) is 51.1 Å². The highest BCUT2D eigenvalue weighted by Gasteiger charge is 2.32. The third-order valence-corrected chi connectivity index (χ3v) is 6.76. The van der Waals surface area contributed by atoms with Crippen molar-refractivity contribution in [3.63, 3.8) is 0 Å². The van der Waals surface area contributed by atoms with Crippen LogP contribution >= 0.6 is 31.9 Å². The normalized spacial score (nSPS) is 12.2. The summed E-state index contributed by atoms with van der Waals surface area (Å²) in [6.07, 6.45) is 4.60. The van der Waals surface area contributed by atoms with Crippen molar-refractivity contribution in [2.45, 2.75) is 59.3 Å². The second kappa shape index (κ2) is 8.31. The van der Waals surface area contributed by atoms with Crippen LogP contribution in [0.2, 0.25) is 0 Å². The number of hydrogen-bond donors (Lipinski definition) is 2. The van der Waals surface area contributed by atoms with E-state index in [1.165, 1.54) is 0 Å². The highest BCUT2D eigenvalue weighted by atomic mass is 79.9. The number of rotatable bonds is 6. The topological polar surface area (TPSA) is 58.9 Å². The van der Waals surface area contributed by atoms with Crippen molar-refractivity contribution in [1.29, 1.82) is 0 Å². The molecule has 0 aliphatic carbocycles. The maximum atomic E-state index is 10.6. The van der Waals surface area contributed by atoms with Gasteiger partial charge in [0.2, 0.25) is 0 Å². The molecule has 0 aromatic heterocycles. The zero-order valence-electron chi connectivity index (χ0n) is 15.8. The van der Waals surface area contributed by atoms with E-state index in [-0.39, 0.29) is 11.5 Å². The van der Waals surface area contributed by atoms with Crippen molar-refractivity contribution in [3.05, 3.63) is 31.7 Å². The number of hydrogen-bond acceptors (Lipinski definition) is 4. The van der Waals surface area contributed by atoms with Crippen molar-refractivity contribution in [2.75, 3.05) is 0 Å². The van der Waals surface area contributed by atoms with Gasteiger partial charge in [0.1, 0.15) is 0 Å². The summed E-state index contributed by atoms with van der Waals surface area (Å²) >= 11 is 7.22. The molecule has 0 bridgehead atoms. The number of ether oxygens (including phenoxy) is 2. The third-order valence-electron chi connectivity index (χ3n) is 4.70. The van der Waals surface area contributed by atoms with Crippen molar-refractivity contribution in [3.8, 4) is 34.5 Å². The van der Waals surface area contributed by atoms with E-state index in [2.05, 4.69) is 38.8 Å². The molecule has 0 fully saturated rings. The van der Waals surface area contributed by atoms with Gasteiger partial charge in [-0.15, -0.1) is 0 Å². The van der Waals surface area contributed by atoms with Crippen LogP contribution in [-0.4, -0.2) is 10.2 Å². The maximum Gasteiger partial charge on any atom is 0.177 e. The second-order valence-corrected chi connectivity index (χ2v) is 8.39. The molecule has 4 nitrogen and oxygen atoms in total. The fourth-order valence-corrected chi connectivity index (χ4v) is 4.40. The molecule has 27 heavy (non-hydrogen) atoms. The molecule has 6 heteroatoms. The molecule has 0 atom stereocenters. The van der Waals surface area contributed by atoms with Gasteiger partial charge in [0.25, 0.3) is 0 Å². The van der Waals surface area contributed by atoms with Gasteiger partial charge < -0.3 is 19.7 Å². The van der Waals surface area contributed by atoms with Gasteiger partial charge in [-0.25, -0.2) is 0 Å². The zero-order chi connectivity index (χ0) is 19.7. The van der Waals surface area contributed by atoms with E-state index in [1.807, 2.05) is 19.9 Å². The smallest absolute Gasteiger partial charge is 0.177 e. The van der Waals surface area contributed by atoms with E-state index in [0.717, 1.165) is 40.2 Å². The highest BCUT2D eigenvalue weighted by Crippen LogP contribution is 2.57. The lowest BCUT2D eigenvalue weighted by atomic mass is 9.98. The number of phenolic OH excluding ortho intramolecular Hbond substituents is 2. The SMILES string of the molecule is CCCc1c(Br)c(Br)cc2c1Oc1c(CCC)c(O)c(O)c(CCC)c1O2. The van der Waals surface area contributed by atoms with Crippen LogP contribution in [0.25, 0.3) is 0 Å². The Kier molecular flexibility index (Phi) is 6.26. The predicted molar refractivity (Wildman–Crippen MR) is 114 cm³/mol. The molecule has 2 N–H and O–H groups in total. The molecular formula is C21H24Br2O4. The number of phenols is 2. The molecule has 3 rings (SSSR count). The van der Waals surface area contributed by atoms with Crippen molar-refractivity contribution in [2.24, 2.45) is 0 Å². The fraction of sp³-hybridized carbons (Fsp3) is 0.429. The maximum absolute atomic E-state index is 10.6. The standard InChI is InChI=1S/C21H24Br2O4/c1-4-7-11-16(23)14(22)10-15-19(11)27-21-13(9-6-3)18(25)17(24)12(8-5-2)20(21)26-15/h10,24-25H,4-9H2,1-3H3. The molecule has 0 saturated carbocycles. The average Bonchev–Trinajstić information content (AvgIpc) is 2.65. The Hall–Kier alpha value is -1.40. The lowest BCUT2D eigenvalue weighted by Crippen LogP contribution is -2.08. The summed E-state index contributed by atoms with van der Waals surface area (Å²) in [6.45, 7) is 6.16. The molecule has 1 heterocycles. The number of benzene rings is 2. The monoisotopic (exact) mass is 498 g/mol. The lowest BCUT2D eigenvalue weighted by molar-refractivity contribution is 0.332. The van der Waals surface area contributed by atoms with Crippen LogP contribution in [0.5, 0.6) is 34.5 Å². The quantitative estimate of drug-likeness (QED) is 0.347. The molecule has 2 aromatic carbocycles. The molecule has 146 valence electrons. The number of fused-ring (bicyclic) bond motifs is 2. The number of aromatic hydroxyl groups is 2. The van der Waals surface area contributed by atoms with E-state index in [0.29, 0.717) is 47.0 Å². The Bertz CT molecular complexity index is 878. The lowest BCUT2D eigenvalue weighted by Gasteiger charge is -2.28. The third kappa shape index (κ3) is 3.54. The van der Waals surface area contributed by atoms with Gasteiger partial charge in [0, 0.05) is 31.7 Å². The van der Waals surface area contributed by atoms with E-state index in [9.17, 15) is 10.2 Å². The molecule has 0 unspecified atom stereocenters. The highest BCUT2D eigenvalue weighted by molar-refractivity contribution is 9.13. The summed E-state index contributed by atoms with van der Waals surface area (Å²) in [7, 11) is 0. The summed E-state index contributed by atoms with van der Waals surface area (Å²) in [5.74, 6) is 2.13. The predicted octanol–water partition coefficient (Wildman–Crippen LogP) is 7.38. The number of halogens is 2. The van der Waals surface area contributed by atoms with Crippen LogP contribution in [0.3, 0.4) is 0 Å². The Labute approximate surface area is 176 Å². The van der Waals surface area contributed by atoms with Gasteiger partial charge in [-0.1, -0.05) is 40.0 Å². The summed E-state index contributed by atoms with van der Waals surface area (Å²) < 4.78 is 14.5. The first kappa shape index (κ1) is 20.3. The average molecular weight is 500 g/mol. The minimum Gasteiger partial charge on any atom is -0.504 e. The summed E-state index contributed by atoms with van der Waals surface area (Å²) in [5, 5.41) is 21.2. The van der Waals surface area contributed by atoms with Crippen molar-refractivity contribution >= 4 is 31.9 Å².